The molecule has 0 amide bonds. The van der Waals surface area contributed by atoms with Crippen molar-refractivity contribution < 1.29 is 4.74 Å². The zero-order valence-corrected chi connectivity index (χ0v) is 21.3. The van der Waals surface area contributed by atoms with Gasteiger partial charge in [0.2, 0.25) is 0 Å². The molecule has 0 aromatic carbocycles. The highest BCUT2D eigenvalue weighted by Gasteiger charge is 2.20. The lowest BCUT2D eigenvalue weighted by Gasteiger charge is -2.35. The molecular weight excluding hydrogens is 478 g/mol. The largest absolute Gasteiger partial charge is 0.495 e. The molecule has 1 aliphatic heterocycles. The van der Waals surface area contributed by atoms with Crippen LogP contribution < -0.4 is 9.64 Å². The Bertz CT molecular complexity index is 1610. The Kier molecular flexibility index (Phi) is 6.19. The van der Waals surface area contributed by atoms with E-state index in [1.807, 2.05) is 44.0 Å². The van der Waals surface area contributed by atoms with E-state index in [1.165, 1.54) is 0 Å². The first-order valence-corrected chi connectivity index (χ1v) is 12.4. The maximum atomic E-state index is 9.69. The number of aryl methyl sites for hydroxylation is 1. The predicted molar refractivity (Wildman–Crippen MR) is 144 cm³/mol. The average molecular weight is 506 g/mol. The number of hydrogen-bond acceptors (Lipinski definition) is 8. The van der Waals surface area contributed by atoms with Gasteiger partial charge in [0, 0.05) is 80.6 Å². The van der Waals surface area contributed by atoms with E-state index < -0.39 is 0 Å². The van der Waals surface area contributed by atoms with Crippen molar-refractivity contribution in [1.29, 1.82) is 5.26 Å². The third-order valence-corrected chi connectivity index (χ3v) is 6.94. The molecule has 10 heteroatoms. The fourth-order valence-electron chi connectivity index (χ4n) is 4.87. The number of aromatic nitrogens is 6. The van der Waals surface area contributed by atoms with Gasteiger partial charge < -0.3 is 9.64 Å². The number of anilines is 1. The van der Waals surface area contributed by atoms with Gasteiger partial charge >= 0.3 is 0 Å². The van der Waals surface area contributed by atoms with Crippen LogP contribution in [0.15, 0.2) is 67.5 Å². The van der Waals surface area contributed by atoms with Crippen LogP contribution in [-0.2, 0) is 13.6 Å². The number of piperazine rings is 1. The van der Waals surface area contributed by atoms with Gasteiger partial charge in [-0.3, -0.25) is 14.6 Å². The number of hydrogen-bond donors (Lipinski definition) is 0. The molecule has 0 spiro atoms. The molecule has 0 unspecified atom stereocenters. The van der Waals surface area contributed by atoms with E-state index in [-0.39, 0.29) is 0 Å². The number of fused-ring (bicyclic) bond motifs is 1. The number of methoxy groups -OCH3 is 1. The van der Waals surface area contributed by atoms with Gasteiger partial charge in [-0.1, -0.05) is 0 Å². The van der Waals surface area contributed by atoms with E-state index in [2.05, 4.69) is 49.2 Å². The molecule has 38 heavy (non-hydrogen) atoms. The SMILES string of the molecule is COc1ccc(CN2CCN(c3ccc(-c4cc(-c5cnn(C)c5)cn5ncc(C#N)c45)cn3)CC2)nc1. The molecule has 6 heterocycles. The summed E-state index contributed by atoms with van der Waals surface area (Å²) in [6.07, 6.45) is 11.0. The summed E-state index contributed by atoms with van der Waals surface area (Å²) in [5.41, 5.74) is 6.15. The monoisotopic (exact) mass is 505 g/mol. The Balaban J connectivity index is 1.21. The summed E-state index contributed by atoms with van der Waals surface area (Å²) in [5, 5.41) is 18.4. The maximum absolute atomic E-state index is 9.69. The van der Waals surface area contributed by atoms with E-state index in [4.69, 9.17) is 9.72 Å². The summed E-state index contributed by atoms with van der Waals surface area (Å²) in [6.45, 7) is 4.48. The molecule has 1 fully saturated rings. The molecule has 0 aliphatic carbocycles. The highest BCUT2D eigenvalue weighted by molar-refractivity contribution is 5.87. The highest BCUT2D eigenvalue weighted by atomic mass is 16.5. The molecule has 0 radical (unpaired) electrons. The van der Waals surface area contributed by atoms with Crippen LogP contribution in [0, 0.1) is 11.3 Å². The van der Waals surface area contributed by atoms with E-state index in [0.717, 1.165) is 77.8 Å². The second-order valence-corrected chi connectivity index (χ2v) is 9.37. The third kappa shape index (κ3) is 4.55. The summed E-state index contributed by atoms with van der Waals surface area (Å²) in [7, 11) is 3.54. The second-order valence-electron chi connectivity index (χ2n) is 9.37. The van der Waals surface area contributed by atoms with Gasteiger partial charge in [-0.15, -0.1) is 0 Å². The van der Waals surface area contributed by atoms with E-state index in [1.54, 1.807) is 28.7 Å². The molecule has 0 bridgehead atoms. The van der Waals surface area contributed by atoms with Crippen molar-refractivity contribution in [2.24, 2.45) is 7.05 Å². The van der Waals surface area contributed by atoms with Crippen molar-refractivity contribution in [3.05, 3.63) is 78.8 Å². The fraction of sp³-hybridized carbons (Fsp3) is 0.250. The van der Waals surface area contributed by atoms with Crippen LogP contribution in [0.3, 0.4) is 0 Å². The van der Waals surface area contributed by atoms with Gasteiger partial charge in [0.05, 0.1) is 42.5 Å². The molecule has 190 valence electrons. The lowest BCUT2D eigenvalue weighted by atomic mass is 10.0. The van der Waals surface area contributed by atoms with Crippen molar-refractivity contribution in [3.8, 4) is 34.1 Å². The highest BCUT2D eigenvalue weighted by Crippen LogP contribution is 2.32. The molecule has 1 saturated heterocycles. The first kappa shape index (κ1) is 23.6. The number of nitrogens with zero attached hydrogens (tertiary/aromatic N) is 9. The molecule has 0 atom stereocenters. The van der Waals surface area contributed by atoms with Gasteiger partial charge in [0.25, 0.3) is 0 Å². The Morgan fingerprint density at radius 1 is 0.895 bits per heavy atom. The summed E-state index contributed by atoms with van der Waals surface area (Å²) >= 11 is 0. The van der Waals surface area contributed by atoms with Crippen molar-refractivity contribution in [3.63, 3.8) is 0 Å². The summed E-state index contributed by atoms with van der Waals surface area (Å²) < 4.78 is 8.74. The van der Waals surface area contributed by atoms with Crippen LogP contribution in [-0.4, -0.2) is 67.6 Å². The van der Waals surface area contributed by atoms with E-state index in [9.17, 15) is 5.26 Å². The Morgan fingerprint density at radius 2 is 1.76 bits per heavy atom. The first-order chi connectivity index (χ1) is 18.6. The Labute approximate surface area is 220 Å². The molecule has 10 nitrogen and oxygen atoms in total. The van der Waals surface area contributed by atoms with Gasteiger partial charge in [-0.2, -0.15) is 15.5 Å². The van der Waals surface area contributed by atoms with Crippen LogP contribution >= 0.6 is 0 Å². The second kappa shape index (κ2) is 9.95. The maximum Gasteiger partial charge on any atom is 0.137 e. The topological polar surface area (TPSA) is 100 Å². The molecular formula is C28H27N9O. The lowest BCUT2D eigenvalue weighted by Crippen LogP contribution is -2.46. The molecule has 5 aromatic heterocycles. The molecule has 0 N–H and O–H groups in total. The average Bonchev–Trinajstić information content (AvgIpc) is 3.59. The summed E-state index contributed by atoms with van der Waals surface area (Å²) in [5.74, 6) is 1.72. The standard InChI is InChI=1S/C28H27N9O/c1-34-17-23(15-32-34)21-11-26(28-22(12-29)14-33-37(28)18-21)20-3-6-27(31-13-20)36-9-7-35(8-10-36)19-24-4-5-25(38-2)16-30-24/h3-6,11,13-18H,7-10,19H2,1-2H3. The van der Waals surface area contributed by atoms with Gasteiger partial charge in [0.1, 0.15) is 17.6 Å². The van der Waals surface area contributed by atoms with Crippen LogP contribution in [0.2, 0.25) is 0 Å². The lowest BCUT2D eigenvalue weighted by molar-refractivity contribution is 0.246. The van der Waals surface area contributed by atoms with Gasteiger partial charge in [0.15, 0.2) is 0 Å². The van der Waals surface area contributed by atoms with Gasteiger partial charge in [-0.25, -0.2) is 9.50 Å². The zero-order valence-electron chi connectivity index (χ0n) is 21.3. The minimum absolute atomic E-state index is 0.532. The van der Waals surface area contributed by atoms with Crippen LogP contribution in [0.1, 0.15) is 11.3 Å². The van der Waals surface area contributed by atoms with Crippen LogP contribution in [0.25, 0.3) is 27.8 Å². The zero-order chi connectivity index (χ0) is 26.1. The smallest absolute Gasteiger partial charge is 0.137 e. The predicted octanol–water partition coefficient (Wildman–Crippen LogP) is 3.39. The normalized spacial score (nSPS) is 14.1. The van der Waals surface area contributed by atoms with Crippen molar-refractivity contribution in [2.75, 3.05) is 38.2 Å². The number of ether oxygens (including phenoxy) is 1. The summed E-state index contributed by atoms with van der Waals surface area (Å²) in [6, 6.07) is 12.5. The van der Waals surface area contributed by atoms with E-state index >= 15 is 0 Å². The number of nitriles is 1. The molecule has 6 rings (SSSR count). The van der Waals surface area contributed by atoms with Crippen LogP contribution in [0.5, 0.6) is 5.75 Å². The first-order valence-electron chi connectivity index (χ1n) is 12.4. The Morgan fingerprint density at radius 3 is 2.42 bits per heavy atom. The fourth-order valence-corrected chi connectivity index (χ4v) is 4.87. The quantitative estimate of drug-likeness (QED) is 0.346. The summed E-state index contributed by atoms with van der Waals surface area (Å²) in [4.78, 5) is 14.0. The Hall–Kier alpha value is -4.75. The van der Waals surface area contributed by atoms with Crippen molar-refractivity contribution >= 4 is 11.3 Å². The van der Waals surface area contributed by atoms with Gasteiger partial charge in [-0.05, 0) is 30.3 Å². The van der Waals surface area contributed by atoms with Crippen molar-refractivity contribution in [1.82, 2.24) is 34.3 Å². The molecule has 1 aliphatic rings. The van der Waals surface area contributed by atoms with Crippen molar-refractivity contribution in [2.45, 2.75) is 6.54 Å². The number of rotatable bonds is 6. The van der Waals surface area contributed by atoms with Crippen LogP contribution in [0.4, 0.5) is 5.82 Å². The van der Waals surface area contributed by atoms with E-state index in [0.29, 0.717) is 5.56 Å². The minimum Gasteiger partial charge on any atom is -0.495 e. The molecule has 5 aromatic rings. The molecule has 0 saturated carbocycles. The third-order valence-electron chi connectivity index (χ3n) is 6.94. The minimum atomic E-state index is 0.532. The number of pyridine rings is 3.